The molecule has 1 aliphatic rings. The van der Waals surface area contributed by atoms with E-state index in [9.17, 15) is 13.2 Å². The Labute approximate surface area is 110 Å². The lowest BCUT2D eigenvalue weighted by Crippen LogP contribution is -2.50. The van der Waals surface area contributed by atoms with Crippen LogP contribution in [0.3, 0.4) is 0 Å². The van der Waals surface area contributed by atoms with Crippen molar-refractivity contribution in [2.45, 2.75) is 32.4 Å². The van der Waals surface area contributed by atoms with Crippen LogP contribution in [0, 0.1) is 5.92 Å². The normalized spacial score (nSPS) is 24.5. The number of likely N-dealkylation sites (N-methyl/N-ethyl adjacent to an activating group) is 2. The van der Waals surface area contributed by atoms with Crippen molar-refractivity contribution in [3.63, 3.8) is 0 Å². The first kappa shape index (κ1) is 15.4. The summed E-state index contributed by atoms with van der Waals surface area (Å²) in [6.45, 7) is 4.00. The predicted molar refractivity (Wildman–Crippen MR) is 72.1 cm³/mol. The molecule has 106 valence electrons. The second kappa shape index (κ2) is 5.57. The minimum absolute atomic E-state index is 0.0112. The average Bonchev–Trinajstić information content (AvgIpc) is 2.56. The molecule has 0 aromatic carbocycles. The molecule has 18 heavy (non-hydrogen) atoms. The third-order valence-electron chi connectivity index (χ3n) is 3.54. The standard InChI is InChI=1S/C12H24N2O3S/c1-9(2)11(13(3)4)12(15)14(5)10-6-7-18(16,17)8-10/h9-11H,6-8H2,1-5H3/t10?,11-/m0/s1. The van der Waals surface area contributed by atoms with E-state index in [0.29, 0.717) is 6.42 Å². The van der Waals surface area contributed by atoms with E-state index in [-0.39, 0.29) is 35.4 Å². The summed E-state index contributed by atoms with van der Waals surface area (Å²) in [7, 11) is 2.52. The molecule has 0 aliphatic carbocycles. The molecule has 1 amide bonds. The Bertz CT molecular complexity index is 396. The van der Waals surface area contributed by atoms with E-state index in [2.05, 4.69) is 0 Å². The summed E-state index contributed by atoms with van der Waals surface area (Å²) in [5, 5.41) is 0. The third kappa shape index (κ3) is 3.45. The zero-order valence-corrected chi connectivity index (χ0v) is 12.7. The summed E-state index contributed by atoms with van der Waals surface area (Å²) in [5.74, 6) is 0.516. The molecule has 0 aromatic rings. The summed E-state index contributed by atoms with van der Waals surface area (Å²) in [6, 6.07) is -0.359. The monoisotopic (exact) mass is 276 g/mol. The van der Waals surface area contributed by atoms with Gasteiger partial charge >= 0.3 is 0 Å². The van der Waals surface area contributed by atoms with Crippen LogP contribution >= 0.6 is 0 Å². The van der Waals surface area contributed by atoms with Crippen LogP contribution in [0.15, 0.2) is 0 Å². The number of amides is 1. The largest absolute Gasteiger partial charge is 0.340 e. The fourth-order valence-electron chi connectivity index (χ4n) is 2.57. The highest BCUT2D eigenvalue weighted by Crippen LogP contribution is 2.19. The molecule has 5 nitrogen and oxygen atoms in total. The van der Waals surface area contributed by atoms with Gasteiger partial charge in [-0.1, -0.05) is 13.8 Å². The van der Waals surface area contributed by atoms with Gasteiger partial charge in [-0.25, -0.2) is 8.42 Å². The van der Waals surface area contributed by atoms with E-state index in [1.807, 2.05) is 32.8 Å². The molecule has 0 aromatic heterocycles. The molecule has 0 bridgehead atoms. The van der Waals surface area contributed by atoms with Crippen LogP contribution < -0.4 is 0 Å². The summed E-state index contributed by atoms with van der Waals surface area (Å²) in [6.07, 6.45) is 0.558. The fourth-order valence-corrected chi connectivity index (χ4v) is 4.35. The molecule has 1 heterocycles. The Morgan fingerprint density at radius 3 is 2.11 bits per heavy atom. The van der Waals surface area contributed by atoms with Crippen molar-refractivity contribution < 1.29 is 13.2 Å². The summed E-state index contributed by atoms with van der Waals surface area (Å²) >= 11 is 0. The van der Waals surface area contributed by atoms with Gasteiger partial charge < -0.3 is 4.90 Å². The molecule has 1 aliphatic heterocycles. The number of carbonyl (C=O) groups is 1. The smallest absolute Gasteiger partial charge is 0.240 e. The molecule has 0 saturated carbocycles. The maximum absolute atomic E-state index is 12.4. The van der Waals surface area contributed by atoms with Crippen molar-refractivity contribution in [3.8, 4) is 0 Å². The maximum atomic E-state index is 12.4. The molecular formula is C12H24N2O3S. The van der Waals surface area contributed by atoms with Crippen LogP contribution in [0.4, 0.5) is 0 Å². The molecule has 1 unspecified atom stereocenters. The van der Waals surface area contributed by atoms with Crippen molar-refractivity contribution in [3.05, 3.63) is 0 Å². The number of rotatable bonds is 4. The topological polar surface area (TPSA) is 57.7 Å². The van der Waals surface area contributed by atoms with Crippen LogP contribution in [0.1, 0.15) is 20.3 Å². The maximum Gasteiger partial charge on any atom is 0.240 e. The second-order valence-electron chi connectivity index (χ2n) is 5.66. The van der Waals surface area contributed by atoms with Crippen molar-refractivity contribution in [1.82, 2.24) is 9.80 Å². The van der Waals surface area contributed by atoms with Crippen LogP contribution in [0.2, 0.25) is 0 Å². The summed E-state index contributed by atoms with van der Waals surface area (Å²) < 4.78 is 22.9. The fraction of sp³-hybridized carbons (Fsp3) is 0.917. The van der Waals surface area contributed by atoms with E-state index in [1.54, 1.807) is 11.9 Å². The van der Waals surface area contributed by atoms with Crippen LogP contribution in [-0.4, -0.2) is 68.9 Å². The Morgan fingerprint density at radius 2 is 1.78 bits per heavy atom. The zero-order valence-electron chi connectivity index (χ0n) is 11.9. The van der Waals surface area contributed by atoms with E-state index in [4.69, 9.17) is 0 Å². The van der Waals surface area contributed by atoms with Gasteiger partial charge in [-0.15, -0.1) is 0 Å². The molecule has 0 N–H and O–H groups in total. The van der Waals surface area contributed by atoms with Gasteiger partial charge in [-0.3, -0.25) is 9.69 Å². The lowest BCUT2D eigenvalue weighted by molar-refractivity contribution is -0.137. The minimum atomic E-state index is -2.95. The highest BCUT2D eigenvalue weighted by atomic mass is 32.2. The van der Waals surface area contributed by atoms with Gasteiger partial charge in [0, 0.05) is 13.1 Å². The van der Waals surface area contributed by atoms with Gasteiger partial charge in [-0.2, -0.15) is 0 Å². The summed E-state index contributed by atoms with van der Waals surface area (Å²) in [5.41, 5.74) is 0. The van der Waals surface area contributed by atoms with E-state index in [1.165, 1.54) is 0 Å². The van der Waals surface area contributed by atoms with Crippen molar-refractivity contribution in [2.75, 3.05) is 32.6 Å². The second-order valence-corrected chi connectivity index (χ2v) is 7.89. The van der Waals surface area contributed by atoms with Crippen molar-refractivity contribution >= 4 is 15.7 Å². The van der Waals surface area contributed by atoms with Gasteiger partial charge in [0.1, 0.15) is 0 Å². The lowest BCUT2D eigenvalue weighted by Gasteiger charge is -2.33. The Kier molecular flexibility index (Phi) is 4.78. The molecule has 2 atom stereocenters. The SMILES string of the molecule is CC(C)[C@@H](C(=O)N(C)C1CCS(=O)(=O)C1)N(C)C. The highest BCUT2D eigenvalue weighted by Gasteiger charge is 2.36. The highest BCUT2D eigenvalue weighted by molar-refractivity contribution is 7.91. The first-order valence-corrected chi connectivity index (χ1v) is 8.11. The molecule has 6 heteroatoms. The molecule has 0 radical (unpaired) electrons. The molecule has 0 spiro atoms. The molecule has 1 saturated heterocycles. The zero-order chi connectivity index (χ0) is 14.1. The lowest BCUT2D eigenvalue weighted by atomic mass is 10.0. The van der Waals surface area contributed by atoms with Gasteiger partial charge in [0.15, 0.2) is 9.84 Å². The average molecular weight is 276 g/mol. The summed E-state index contributed by atoms with van der Waals surface area (Å²) in [4.78, 5) is 15.9. The Hall–Kier alpha value is -0.620. The number of carbonyl (C=O) groups excluding carboxylic acids is 1. The van der Waals surface area contributed by atoms with Crippen LogP contribution in [0.5, 0.6) is 0 Å². The first-order valence-electron chi connectivity index (χ1n) is 6.29. The number of hydrogen-bond donors (Lipinski definition) is 0. The molecule has 1 rings (SSSR count). The molecular weight excluding hydrogens is 252 g/mol. The van der Waals surface area contributed by atoms with Gasteiger partial charge in [0.05, 0.1) is 17.5 Å². The number of sulfone groups is 1. The quantitative estimate of drug-likeness (QED) is 0.737. The van der Waals surface area contributed by atoms with Crippen molar-refractivity contribution in [1.29, 1.82) is 0 Å². The molecule has 1 fully saturated rings. The van der Waals surface area contributed by atoms with E-state index >= 15 is 0 Å². The minimum Gasteiger partial charge on any atom is -0.340 e. The predicted octanol–water partition coefficient (Wildman–Crippen LogP) is 0.218. The van der Waals surface area contributed by atoms with Gasteiger partial charge in [0.2, 0.25) is 5.91 Å². The van der Waals surface area contributed by atoms with Crippen molar-refractivity contribution in [2.24, 2.45) is 5.92 Å². The van der Waals surface area contributed by atoms with Gasteiger partial charge in [-0.05, 0) is 26.4 Å². The van der Waals surface area contributed by atoms with Gasteiger partial charge in [0.25, 0.3) is 0 Å². The van der Waals surface area contributed by atoms with E-state index in [0.717, 1.165) is 0 Å². The third-order valence-corrected chi connectivity index (χ3v) is 5.29. The number of hydrogen-bond acceptors (Lipinski definition) is 4. The Balaban J connectivity index is 2.77. The van der Waals surface area contributed by atoms with Crippen LogP contribution in [-0.2, 0) is 14.6 Å². The first-order chi connectivity index (χ1) is 8.15. The van der Waals surface area contributed by atoms with E-state index < -0.39 is 9.84 Å². The Morgan fingerprint density at radius 1 is 1.22 bits per heavy atom. The number of nitrogens with zero attached hydrogens (tertiary/aromatic N) is 2. The van der Waals surface area contributed by atoms with Crippen LogP contribution in [0.25, 0.3) is 0 Å².